The van der Waals surface area contributed by atoms with E-state index >= 15 is 0 Å². The zero-order valence-electron chi connectivity index (χ0n) is 16.6. The molecule has 7 nitrogen and oxygen atoms in total. The first kappa shape index (κ1) is 20.0. The van der Waals surface area contributed by atoms with Gasteiger partial charge >= 0.3 is 0 Å². The van der Waals surface area contributed by atoms with Crippen LogP contribution in [0.15, 0.2) is 54.6 Å². The zero-order valence-corrected chi connectivity index (χ0v) is 16.6. The van der Waals surface area contributed by atoms with Crippen LogP contribution >= 0.6 is 0 Å². The van der Waals surface area contributed by atoms with Crippen LogP contribution in [0.5, 0.6) is 0 Å². The molecule has 148 valence electrons. The summed E-state index contributed by atoms with van der Waals surface area (Å²) in [5.41, 5.74) is 4.54. The molecule has 7 heteroatoms. The van der Waals surface area contributed by atoms with E-state index in [2.05, 4.69) is 25.9 Å². The van der Waals surface area contributed by atoms with Crippen molar-refractivity contribution in [2.75, 3.05) is 16.0 Å². The average Bonchev–Trinajstić information content (AvgIpc) is 2.68. The van der Waals surface area contributed by atoms with Crippen molar-refractivity contribution in [2.24, 2.45) is 0 Å². The number of amides is 2. The second kappa shape index (κ2) is 8.97. The van der Waals surface area contributed by atoms with Crippen molar-refractivity contribution in [3.05, 3.63) is 77.1 Å². The van der Waals surface area contributed by atoms with Crippen LogP contribution < -0.4 is 16.0 Å². The third-order valence-corrected chi connectivity index (χ3v) is 4.12. The largest absolute Gasteiger partial charge is 0.350 e. The quantitative estimate of drug-likeness (QED) is 0.594. The molecule has 3 N–H and O–H groups in total. The standard InChI is InChI=1S/C22H23N5O2/c1-14-4-6-17(7-5-14)13-23-22-24-15(2)12-20(27-22)21(29)26-19-10-8-18(9-11-19)25-16(3)28/h4-12H,13H2,1-3H3,(H,25,28)(H,26,29)(H,23,24,27). The van der Waals surface area contributed by atoms with E-state index in [0.29, 0.717) is 29.6 Å². The van der Waals surface area contributed by atoms with E-state index in [1.165, 1.54) is 12.5 Å². The number of hydrogen-bond acceptors (Lipinski definition) is 5. The maximum atomic E-state index is 12.6. The van der Waals surface area contributed by atoms with Crippen molar-refractivity contribution >= 4 is 29.1 Å². The van der Waals surface area contributed by atoms with Gasteiger partial charge in [0.05, 0.1) is 0 Å². The van der Waals surface area contributed by atoms with Gasteiger partial charge in [0.2, 0.25) is 11.9 Å². The smallest absolute Gasteiger partial charge is 0.274 e. The van der Waals surface area contributed by atoms with Crippen LogP contribution in [0.2, 0.25) is 0 Å². The highest BCUT2D eigenvalue weighted by Gasteiger charge is 2.11. The molecule has 2 amide bonds. The molecule has 29 heavy (non-hydrogen) atoms. The summed E-state index contributed by atoms with van der Waals surface area (Å²) in [6.07, 6.45) is 0. The summed E-state index contributed by atoms with van der Waals surface area (Å²) in [5.74, 6) is -0.0817. The molecule has 0 spiro atoms. The van der Waals surface area contributed by atoms with Crippen LogP contribution in [0.4, 0.5) is 17.3 Å². The van der Waals surface area contributed by atoms with Crippen LogP contribution in [0, 0.1) is 13.8 Å². The molecule has 0 fully saturated rings. The van der Waals surface area contributed by atoms with Gasteiger partial charge in [-0.25, -0.2) is 9.97 Å². The molecule has 0 saturated carbocycles. The molecule has 0 aliphatic rings. The van der Waals surface area contributed by atoms with Gasteiger partial charge in [-0.2, -0.15) is 0 Å². The van der Waals surface area contributed by atoms with E-state index in [0.717, 1.165) is 5.56 Å². The zero-order chi connectivity index (χ0) is 20.8. The molecule has 0 unspecified atom stereocenters. The lowest BCUT2D eigenvalue weighted by molar-refractivity contribution is -0.114. The van der Waals surface area contributed by atoms with Gasteiger partial charge < -0.3 is 16.0 Å². The summed E-state index contributed by atoms with van der Waals surface area (Å²) in [5, 5.41) is 8.65. The molecule has 0 bridgehead atoms. The number of carbonyl (C=O) groups is 2. The first-order valence-corrected chi connectivity index (χ1v) is 9.23. The topological polar surface area (TPSA) is 96.0 Å². The first-order chi connectivity index (χ1) is 13.9. The molecule has 2 aromatic carbocycles. The number of benzene rings is 2. The number of nitrogens with one attached hydrogen (secondary N) is 3. The predicted octanol–water partition coefficient (Wildman–Crippen LogP) is 3.92. The Labute approximate surface area is 169 Å². The fraction of sp³-hybridized carbons (Fsp3) is 0.182. The van der Waals surface area contributed by atoms with Crippen LogP contribution in [0.3, 0.4) is 0 Å². The Hall–Kier alpha value is -3.74. The molecule has 0 atom stereocenters. The minimum Gasteiger partial charge on any atom is -0.350 e. The van der Waals surface area contributed by atoms with Crippen molar-refractivity contribution in [1.82, 2.24) is 9.97 Å². The highest BCUT2D eigenvalue weighted by atomic mass is 16.2. The number of carbonyl (C=O) groups excluding carboxylic acids is 2. The number of anilines is 3. The third kappa shape index (κ3) is 5.87. The Balaban J connectivity index is 1.67. The Bertz CT molecular complexity index is 1010. The fourth-order valence-corrected chi connectivity index (χ4v) is 2.69. The molecule has 0 saturated heterocycles. The molecule has 0 aliphatic carbocycles. The summed E-state index contributed by atoms with van der Waals surface area (Å²) in [4.78, 5) is 32.4. The summed E-state index contributed by atoms with van der Waals surface area (Å²) >= 11 is 0. The Morgan fingerprint density at radius 2 is 1.48 bits per heavy atom. The van der Waals surface area contributed by atoms with Gasteiger partial charge in [0.25, 0.3) is 5.91 Å². The average molecular weight is 389 g/mol. The van der Waals surface area contributed by atoms with E-state index < -0.39 is 0 Å². The molecule has 1 aromatic heterocycles. The molecule has 1 heterocycles. The van der Waals surface area contributed by atoms with E-state index in [-0.39, 0.29) is 17.5 Å². The Kier molecular flexibility index (Phi) is 6.19. The molecule has 0 aliphatic heterocycles. The monoisotopic (exact) mass is 389 g/mol. The van der Waals surface area contributed by atoms with Crippen LogP contribution in [-0.2, 0) is 11.3 Å². The lowest BCUT2D eigenvalue weighted by Crippen LogP contribution is -2.16. The maximum absolute atomic E-state index is 12.6. The van der Waals surface area contributed by atoms with Gasteiger partial charge in [0, 0.05) is 30.5 Å². The number of aromatic nitrogens is 2. The lowest BCUT2D eigenvalue weighted by Gasteiger charge is -2.10. The first-order valence-electron chi connectivity index (χ1n) is 9.23. The SMILES string of the molecule is CC(=O)Nc1ccc(NC(=O)c2cc(C)nc(NCc3ccc(C)cc3)n2)cc1. The lowest BCUT2D eigenvalue weighted by atomic mass is 10.1. The highest BCUT2D eigenvalue weighted by Crippen LogP contribution is 2.15. The highest BCUT2D eigenvalue weighted by molar-refractivity contribution is 6.03. The van der Waals surface area contributed by atoms with Crippen LogP contribution in [0.25, 0.3) is 0 Å². The normalized spacial score (nSPS) is 10.3. The minimum absolute atomic E-state index is 0.149. The van der Waals surface area contributed by atoms with Gasteiger partial charge in [-0.3, -0.25) is 9.59 Å². The van der Waals surface area contributed by atoms with Gasteiger partial charge in [-0.15, -0.1) is 0 Å². The van der Waals surface area contributed by atoms with E-state index in [4.69, 9.17) is 0 Å². The fourth-order valence-electron chi connectivity index (χ4n) is 2.69. The number of hydrogen-bond donors (Lipinski definition) is 3. The second-order valence-electron chi connectivity index (χ2n) is 6.77. The Morgan fingerprint density at radius 1 is 0.862 bits per heavy atom. The minimum atomic E-state index is -0.332. The van der Waals surface area contributed by atoms with E-state index in [1.807, 2.05) is 38.1 Å². The molecular weight excluding hydrogens is 366 g/mol. The third-order valence-electron chi connectivity index (χ3n) is 4.12. The molecule has 0 radical (unpaired) electrons. The van der Waals surface area contributed by atoms with Crippen molar-refractivity contribution in [2.45, 2.75) is 27.3 Å². The molecular formula is C22H23N5O2. The van der Waals surface area contributed by atoms with E-state index in [9.17, 15) is 9.59 Å². The van der Waals surface area contributed by atoms with Crippen molar-refractivity contribution in [3.63, 3.8) is 0 Å². The molecule has 3 rings (SSSR count). The van der Waals surface area contributed by atoms with E-state index in [1.54, 1.807) is 30.3 Å². The van der Waals surface area contributed by atoms with Crippen molar-refractivity contribution in [3.8, 4) is 0 Å². The number of rotatable bonds is 6. The summed E-state index contributed by atoms with van der Waals surface area (Å²) < 4.78 is 0. The van der Waals surface area contributed by atoms with Gasteiger partial charge in [0.1, 0.15) is 5.69 Å². The number of aryl methyl sites for hydroxylation is 2. The predicted molar refractivity (Wildman–Crippen MR) is 114 cm³/mol. The second-order valence-corrected chi connectivity index (χ2v) is 6.77. The van der Waals surface area contributed by atoms with Crippen molar-refractivity contribution < 1.29 is 9.59 Å². The van der Waals surface area contributed by atoms with Gasteiger partial charge in [-0.05, 0) is 49.7 Å². The summed E-state index contributed by atoms with van der Waals surface area (Å²) in [6.45, 7) is 5.86. The van der Waals surface area contributed by atoms with Gasteiger partial charge in [0.15, 0.2) is 0 Å². The van der Waals surface area contributed by atoms with Crippen LogP contribution in [0.1, 0.15) is 34.2 Å². The van der Waals surface area contributed by atoms with Crippen molar-refractivity contribution in [1.29, 1.82) is 0 Å². The number of nitrogens with zero attached hydrogens (tertiary/aromatic N) is 2. The summed E-state index contributed by atoms with van der Waals surface area (Å²) in [7, 11) is 0. The summed E-state index contributed by atoms with van der Waals surface area (Å²) in [6, 6.07) is 16.7. The van der Waals surface area contributed by atoms with Crippen LogP contribution in [-0.4, -0.2) is 21.8 Å². The molecule has 3 aromatic rings. The maximum Gasteiger partial charge on any atom is 0.274 e. The Morgan fingerprint density at radius 3 is 2.10 bits per heavy atom. The van der Waals surface area contributed by atoms with Gasteiger partial charge in [-0.1, -0.05) is 29.8 Å².